The molecule has 1 aromatic carbocycles. The van der Waals surface area contributed by atoms with Crippen LogP contribution in [0.5, 0.6) is 0 Å². The molecule has 4 rings (SSSR count). The SMILES string of the molecule is Cc1ccc(-n2c(=S)[nH]c3sc4c(c3c2=O)CCCC4)cc1C. The molecule has 1 aliphatic carbocycles. The van der Waals surface area contributed by atoms with E-state index in [-0.39, 0.29) is 5.56 Å². The van der Waals surface area contributed by atoms with E-state index in [4.69, 9.17) is 12.2 Å². The first kappa shape index (κ1) is 14.8. The molecule has 2 heterocycles. The Hall–Kier alpha value is -1.72. The van der Waals surface area contributed by atoms with Crippen molar-refractivity contribution >= 4 is 33.8 Å². The summed E-state index contributed by atoms with van der Waals surface area (Å²) in [5.74, 6) is 0. The fourth-order valence-corrected chi connectivity index (χ4v) is 4.97. The van der Waals surface area contributed by atoms with E-state index >= 15 is 0 Å². The lowest BCUT2D eigenvalue weighted by molar-refractivity contribution is 0.699. The van der Waals surface area contributed by atoms with Gasteiger partial charge in [-0.1, -0.05) is 6.07 Å². The van der Waals surface area contributed by atoms with Crippen LogP contribution in [0.15, 0.2) is 23.0 Å². The highest BCUT2D eigenvalue weighted by Gasteiger charge is 2.20. The number of H-pyrrole nitrogens is 1. The van der Waals surface area contributed by atoms with Gasteiger partial charge in [0.2, 0.25) is 0 Å². The van der Waals surface area contributed by atoms with Gasteiger partial charge >= 0.3 is 0 Å². The molecule has 0 spiro atoms. The Balaban J connectivity index is 2.05. The van der Waals surface area contributed by atoms with Crippen LogP contribution in [0.2, 0.25) is 0 Å². The van der Waals surface area contributed by atoms with E-state index in [2.05, 4.69) is 18.8 Å². The largest absolute Gasteiger partial charge is 0.323 e. The Morgan fingerprint density at radius 1 is 1.17 bits per heavy atom. The number of hydrogen-bond donors (Lipinski definition) is 1. The normalized spacial score (nSPS) is 14.2. The monoisotopic (exact) mass is 342 g/mol. The molecule has 3 aromatic rings. The molecule has 5 heteroatoms. The number of fused-ring (bicyclic) bond motifs is 3. The molecule has 0 bridgehead atoms. The summed E-state index contributed by atoms with van der Waals surface area (Å²) in [5.41, 5.74) is 4.48. The lowest BCUT2D eigenvalue weighted by atomic mass is 9.97. The number of nitrogens with zero attached hydrogens (tertiary/aromatic N) is 1. The van der Waals surface area contributed by atoms with Crippen LogP contribution in [0.3, 0.4) is 0 Å². The Kier molecular flexibility index (Phi) is 3.50. The average molecular weight is 342 g/mol. The first-order valence-electron chi connectivity index (χ1n) is 7.93. The van der Waals surface area contributed by atoms with Crippen molar-refractivity contribution in [1.29, 1.82) is 0 Å². The molecule has 0 amide bonds. The third kappa shape index (κ3) is 2.30. The molecule has 0 atom stereocenters. The van der Waals surface area contributed by atoms with Crippen LogP contribution in [0.25, 0.3) is 15.9 Å². The van der Waals surface area contributed by atoms with Gasteiger partial charge in [0, 0.05) is 4.88 Å². The Morgan fingerprint density at radius 3 is 2.74 bits per heavy atom. The summed E-state index contributed by atoms with van der Waals surface area (Å²) < 4.78 is 2.12. The van der Waals surface area contributed by atoms with E-state index in [0.717, 1.165) is 40.7 Å². The zero-order chi connectivity index (χ0) is 16.1. The average Bonchev–Trinajstić information content (AvgIpc) is 2.88. The molecule has 2 aromatic heterocycles. The topological polar surface area (TPSA) is 37.8 Å². The summed E-state index contributed by atoms with van der Waals surface area (Å²) in [6.45, 7) is 4.13. The highest BCUT2D eigenvalue weighted by atomic mass is 32.1. The number of aromatic amines is 1. The Bertz CT molecular complexity index is 1040. The van der Waals surface area contributed by atoms with Crippen LogP contribution in [-0.4, -0.2) is 9.55 Å². The second-order valence-electron chi connectivity index (χ2n) is 6.25. The molecular formula is C18H18N2OS2. The molecule has 0 fully saturated rings. The third-order valence-electron chi connectivity index (χ3n) is 4.76. The van der Waals surface area contributed by atoms with E-state index in [1.54, 1.807) is 15.9 Å². The van der Waals surface area contributed by atoms with E-state index in [1.165, 1.54) is 22.4 Å². The minimum absolute atomic E-state index is 0.0198. The predicted molar refractivity (Wildman–Crippen MR) is 98.7 cm³/mol. The minimum atomic E-state index is 0.0198. The summed E-state index contributed by atoms with van der Waals surface area (Å²) >= 11 is 7.18. The molecule has 0 radical (unpaired) electrons. The van der Waals surface area contributed by atoms with Crippen LogP contribution < -0.4 is 5.56 Å². The first-order valence-corrected chi connectivity index (χ1v) is 9.16. The van der Waals surface area contributed by atoms with E-state index in [9.17, 15) is 4.79 Å². The van der Waals surface area contributed by atoms with Gasteiger partial charge in [-0.05, 0) is 80.6 Å². The van der Waals surface area contributed by atoms with Crippen LogP contribution in [0, 0.1) is 18.6 Å². The fourth-order valence-electron chi connectivity index (χ4n) is 3.34. The molecule has 0 saturated heterocycles. The number of hydrogen-bond acceptors (Lipinski definition) is 3. The van der Waals surface area contributed by atoms with Crippen molar-refractivity contribution in [2.75, 3.05) is 0 Å². The molecule has 0 unspecified atom stereocenters. The summed E-state index contributed by atoms with van der Waals surface area (Å²) in [7, 11) is 0. The van der Waals surface area contributed by atoms with Crippen molar-refractivity contribution in [3.8, 4) is 5.69 Å². The zero-order valence-corrected chi connectivity index (χ0v) is 14.9. The van der Waals surface area contributed by atoms with Crippen LogP contribution in [0.4, 0.5) is 0 Å². The predicted octanol–water partition coefficient (Wildman–Crippen LogP) is 4.61. The second-order valence-corrected chi connectivity index (χ2v) is 7.75. The quantitative estimate of drug-likeness (QED) is 0.656. The molecule has 23 heavy (non-hydrogen) atoms. The van der Waals surface area contributed by atoms with E-state index in [0.29, 0.717) is 4.77 Å². The van der Waals surface area contributed by atoms with Gasteiger partial charge in [-0.3, -0.25) is 9.36 Å². The number of aryl methyl sites for hydroxylation is 4. The van der Waals surface area contributed by atoms with Gasteiger partial charge in [-0.2, -0.15) is 0 Å². The van der Waals surface area contributed by atoms with Crippen molar-refractivity contribution in [3.05, 3.63) is 54.9 Å². The van der Waals surface area contributed by atoms with Crippen molar-refractivity contribution in [1.82, 2.24) is 9.55 Å². The van der Waals surface area contributed by atoms with Crippen molar-refractivity contribution in [2.45, 2.75) is 39.5 Å². The number of benzene rings is 1. The maximum atomic E-state index is 13.2. The van der Waals surface area contributed by atoms with Gasteiger partial charge in [-0.15, -0.1) is 11.3 Å². The van der Waals surface area contributed by atoms with Crippen LogP contribution >= 0.6 is 23.6 Å². The molecular weight excluding hydrogens is 324 g/mol. The second kappa shape index (κ2) is 5.42. The lowest BCUT2D eigenvalue weighted by Gasteiger charge is -2.11. The molecule has 1 N–H and O–H groups in total. The van der Waals surface area contributed by atoms with Crippen molar-refractivity contribution in [3.63, 3.8) is 0 Å². The Labute approximate surface area is 143 Å². The number of aromatic nitrogens is 2. The highest BCUT2D eigenvalue weighted by Crippen LogP contribution is 2.33. The van der Waals surface area contributed by atoms with Gasteiger partial charge in [0.25, 0.3) is 5.56 Å². The van der Waals surface area contributed by atoms with Crippen LogP contribution in [-0.2, 0) is 12.8 Å². The van der Waals surface area contributed by atoms with Crippen LogP contribution in [0.1, 0.15) is 34.4 Å². The number of nitrogens with one attached hydrogen (secondary N) is 1. The molecule has 1 aliphatic rings. The first-order chi connectivity index (χ1) is 11.1. The minimum Gasteiger partial charge on any atom is -0.323 e. The van der Waals surface area contributed by atoms with Crippen molar-refractivity contribution in [2.24, 2.45) is 0 Å². The summed E-state index contributed by atoms with van der Waals surface area (Å²) in [6, 6.07) is 6.04. The Morgan fingerprint density at radius 2 is 1.96 bits per heavy atom. The zero-order valence-electron chi connectivity index (χ0n) is 13.2. The fraction of sp³-hybridized carbons (Fsp3) is 0.333. The van der Waals surface area contributed by atoms with E-state index in [1.807, 2.05) is 18.2 Å². The molecule has 0 saturated carbocycles. The summed E-state index contributed by atoms with van der Waals surface area (Å²) in [4.78, 5) is 18.7. The van der Waals surface area contributed by atoms with Gasteiger partial charge in [0.1, 0.15) is 4.83 Å². The number of thiophene rings is 1. The third-order valence-corrected chi connectivity index (χ3v) is 6.25. The molecule has 3 nitrogen and oxygen atoms in total. The summed E-state index contributed by atoms with van der Waals surface area (Å²) in [5, 5.41) is 0.844. The van der Waals surface area contributed by atoms with Gasteiger partial charge < -0.3 is 4.98 Å². The van der Waals surface area contributed by atoms with E-state index < -0.39 is 0 Å². The standard InChI is InChI=1S/C18H18N2OS2/c1-10-7-8-12(9-11(10)2)20-17(21)15-13-5-3-4-6-14(13)23-16(15)19-18(20)22/h7-9H,3-6H2,1-2H3,(H,19,22). The molecule has 118 valence electrons. The van der Waals surface area contributed by atoms with Crippen molar-refractivity contribution < 1.29 is 0 Å². The maximum absolute atomic E-state index is 13.2. The highest BCUT2D eigenvalue weighted by molar-refractivity contribution is 7.71. The smallest absolute Gasteiger partial charge is 0.267 e. The van der Waals surface area contributed by atoms with Gasteiger partial charge in [0.15, 0.2) is 4.77 Å². The summed E-state index contributed by atoms with van der Waals surface area (Å²) in [6.07, 6.45) is 4.46. The number of rotatable bonds is 1. The molecule has 0 aliphatic heterocycles. The van der Waals surface area contributed by atoms with Gasteiger partial charge in [0.05, 0.1) is 11.1 Å². The lowest BCUT2D eigenvalue weighted by Crippen LogP contribution is -2.21. The van der Waals surface area contributed by atoms with Gasteiger partial charge in [-0.25, -0.2) is 0 Å². The maximum Gasteiger partial charge on any atom is 0.267 e.